The number of carbonyl (C=O) groups excluding carboxylic acids is 1. The van der Waals surface area contributed by atoms with Crippen molar-refractivity contribution >= 4 is 5.91 Å². The molecule has 98 valence electrons. The zero-order chi connectivity index (χ0) is 12.1. The molecule has 0 unspecified atom stereocenters. The summed E-state index contributed by atoms with van der Waals surface area (Å²) in [5.41, 5.74) is 0. The molecular weight excluding hydrogens is 212 g/mol. The summed E-state index contributed by atoms with van der Waals surface area (Å²) in [6.45, 7) is 3.67. The number of hydrogen-bond donors (Lipinski definition) is 2. The molecule has 2 saturated carbocycles. The average molecular weight is 238 g/mol. The second-order valence-corrected chi connectivity index (χ2v) is 5.83. The Balaban J connectivity index is 1.58. The van der Waals surface area contributed by atoms with Crippen molar-refractivity contribution < 1.29 is 4.79 Å². The van der Waals surface area contributed by atoms with Crippen LogP contribution in [0.3, 0.4) is 0 Å². The van der Waals surface area contributed by atoms with Crippen LogP contribution in [0.5, 0.6) is 0 Å². The Morgan fingerprint density at radius 2 is 1.88 bits per heavy atom. The highest BCUT2D eigenvalue weighted by Crippen LogP contribution is 2.27. The fraction of sp³-hybridized carbons (Fsp3) is 0.929. The quantitative estimate of drug-likeness (QED) is 0.744. The molecule has 17 heavy (non-hydrogen) atoms. The van der Waals surface area contributed by atoms with Crippen molar-refractivity contribution in [2.45, 2.75) is 57.9 Å². The summed E-state index contributed by atoms with van der Waals surface area (Å²) >= 11 is 0. The van der Waals surface area contributed by atoms with Crippen LogP contribution in [0, 0.1) is 11.8 Å². The first-order valence-electron chi connectivity index (χ1n) is 7.26. The van der Waals surface area contributed by atoms with Crippen molar-refractivity contribution in [3.63, 3.8) is 0 Å². The first-order chi connectivity index (χ1) is 8.25. The molecule has 0 radical (unpaired) electrons. The Labute approximate surface area is 105 Å². The lowest BCUT2D eigenvalue weighted by Gasteiger charge is -2.28. The third-order valence-corrected chi connectivity index (χ3v) is 4.16. The Morgan fingerprint density at radius 1 is 1.18 bits per heavy atom. The van der Waals surface area contributed by atoms with Crippen molar-refractivity contribution in [3.8, 4) is 0 Å². The number of amides is 1. The van der Waals surface area contributed by atoms with Crippen molar-refractivity contribution in [2.75, 3.05) is 13.1 Å². The van der Waals surface area contributed by atoms with Gasteiger partial charge in [-0.15, -0.1) is 0 Å². The predicted octanol–water partition coefficient (Wildman–Crippen LogP) is 2.07. The summed E-state index contributed by atoms with van der Waals surface area (Å²) < 4.78 is 0. The molecule has 0 aliphatic heterocycles. The summed E-state index contributed by atoms with van der Waals surface area (Å²) in [6, 6.07) is 0.352. The van der Waals surface area contributed by atoms with Crippen LogP contribution in [-0.4, -0.2) is 25.0 Å². The van der Waals surface area contributed by atoms with E-state index in [-0.39, 0.29) is 5.91 Å². The van der Waals surface area contributed by atoms with E-state index in [1.165, 1.54) is 44.9 Å². The summed E-state index contributed by atoms with van der Waals surface area (Å²) in [6.07, 6.45) is 9.31. The van der Waals surface area contributed by atoms with Gasteiger partial charge in [-0.3, -0.25) is 4.79 Å². The molecule has 2 rings (SSSR count). The normalized spacial score (nSPS) is 23.4. The van der Waals surface area contributed by atoms with Gasteiger partial charge in [-0.2, -0.15) is 0 Å². The van der Waals surface area contributed by atoms with Gasteiger partial charge in [0.2, 0.25) is 5.91 Å². The first-order valence-corrected chi connectivity index (χ1v) is 7.26. The van der Waals surface area contributed by atoms with Gasteiger partial charge < -0.3 is 10.6 Å². The van der Waals surface area contributed by atoms with Gasteiger partial charge in [0.25, 0.3) is 0 Å². The van der Waals surface area contributed by atoms with Crippen LogP contribution in [0.15, 0.2) is 0 Å². The van der Waals surface area contributed by atoms with Crippen LogP contribution in [-0.2, 0) is 4.79 Å². The maximum absolute atomic E-state index is 11.7. The fourth-order valence-corrected chi connectivity index (χ4v) is 2.77. The molecule has 0 aromatic carbocycles. The number of hydrogen-bond acceptors (Lipinski definition) is 2. The van der Waals surface area contributed by atoms with Gasteiger partial charge in [0.15, 0.2) is 0 Å². The monoisotopic (exact) mass is 238 g/mol. The molecule has 3 nitrogen and oxygen atoms in total. The van der Waals surface area contributed by atoms with Crippen LogP contribution in [0.4, 0.5) is 0 Å². The van der Waals surface area contributed by atoms with Crippen LogP contribution < -0.4 is 10.6 Å². The zero-order valence-electron chi connectivity index (χ0n) is 11.0. The van der Waals surface area contributed by atoms with E-state index in [0.717, 1.165) is 12.5 Å². The molecule has 0 aromatic rings. The highest BCUT2D eigenvalue weighted by atomic mass is 16.1. The molecule has 0 saturated heterocycles. The maximum atomic E-state index is 11.7. The van der Waals surface area contributed by atoms with Crippen molar-refractivity contribution in [1.29, 1.82) is 0 Å². The number of nitrogens with one attached hydrogen (secondary N) is 2. The van der Waals surface area contributed by atoms with Crippen molar-refractivity contribution in [1.82, 2.24) is 10.6 Å². The van der Waals surface area contributed by atoms with Gasteiger partial charge in [-0.1, -0.05) is 19.3 Å². The lowest BCUT2D eigenvalue weighted by atomic mass is 9.84. The molecule has 0 heterocycles. The summed E-state index contributed by atoms with van der Waals surface area (Å²) in [5.74, 6) is 1.72. The fourth-order valence-electron chi connectivity index (χ4n) is 2.77. The topological polar surface area (TPSA) is 41.1 Å². The van der Waals surface area contributed by atoms with Crippen LogP contribution in [0.1, 0.15) is 51.9 Å². The van der Waals surface area contributed by atoms with E-state index in [1.807, 2.05) is 0 Å². The largest absolute Gasteiger partial charge is 0.352 e. The Morgan fingerprint density at radius 3 is 2.53 bits per heavy atom. The maximum Gasteiger partial charge on any atom is 0.234 e. The van der Waals surface area contributed by atoms with E-state index in [2.05, 4.69) is 17.6 Å². The zero-order valence-corrected chi connectivity index (χ0v) is 11.0. The third kappa shape index (κ3) is 4.66. The minimum Gasteiger partial charge on any atom is -0.352 e. The minimum absolute atomic E-state index is 0.170. The van der Waals surface area contributed by atoms with E-state index < -0.39 is 0 Å². The van der Waals surface area contributed by atoms with Gasteiger partial charge in [0, 0.05) is 6.04 Å². The van der Waals surface area contributed by atoms with Gasteiger partial charge in [-0.25, -0.2) is 0 Å². The lowest BCUT2D eigenvalue weighted by molar-refractivity contribution is -0.121. The van der Waals surface area contributed by atoms with E-state index in [0.29, 0.717) is 18.5 Å². The molecule has 2 aliphatic carbocycles. The molecule has 1 atom stereocenters. The smallest absolute Gasteiger partial charge is 0.234 e. The number of carbonyl (C=O) groups is 1. The summed E-state index contributed by atoms with van der Waals surface area (Å²) in [7, 11) is 0. The minimum atomic E-state index is 0.170. The highest BCUT2D eigenvalue weighted by molar-refractivity contribution is 5.78. The van der Waals surface area contributed by atoms with Crippen LogP contribution in [0.25, 0.3) is 0 Å². The second kappa shape index (κ2) is 6.39. The van der Waals surface area contributed by atoms with Crippen molar-refractivity contribution in [2.24, 2.45) is 11.8 Å². The Kier molecular flexibility index (Phi) is 4.84. The third-order valence-electron chi connectivity index (χ3n) is 4.16. The summed E-state index contributed by atoms with van der Waals surface area (Å²) in [5, 5.41) is 6.39. The SMILES string of the molecule is C[C@H](NC(=O)CNCC1CC1)C1CCCCC1. The molecule has 0 aromatic heterocycles. The average Bonchev–Trinajstić information content (AvgIpc) is 3.14. The molecular formula is C14H26N2O. The van der Waals surface area contributed by atoms with Gasteiger partial charge in [0.1, 0.15) is 0 Å². The van der Waals surface area contributed by atoms with E-state index >= 15 is 0 Å². The molecule has 1 amide bonds. The Bertz CT molecular complexity index is 245. The van der Waals surface area contributed by atoms with E-state index in [4.69, 9.17) is 0 Å². The van der Waals surface area contributed by atoms with Gasteiger partial charge >= 0.3 is 0 Å². The predicted molar refractivity (Wildman–Crippen MR) is 69.8 cm³/mol. The molecule has 2 N–H and O–H groups in total. The second-order valence-electron chi connectivity index (χ2n) is 5.83. The molecule has 3 heteroatoms. The molecule has 2 aliphatic rings. The Hall–Kier alpha value is -0.570. The standard InChI is InChI=1S/C14H26N2O/c1-11(13-5-3-2-4-6-13)16-14(17)10-15-9-12-7-8-12/h11-13,15H,2-10H2,1H3,(H,16,17)/t11-/m0/s1. The van der Waals surface area contributed by atoms with Gasteiger partial charge in [-0.05, 0) is 51.0 Å². The molecule has 0 spiro atoms. The number of rotatable bonds is 6. The van der Waals surface area contributed by atoms with Crippen LogP contribution in [0.2, 0.25) is 0 Å². The summed E-state index contributed by atoms with van der Waals surface area (Å²) in [4.78, 5) is 11.7. The molecule has 0 bridgehead atoms. The van der Waals surface area contributed by atoms with Crippen molar-refractivity contribution in [3.05, 3.63) is 0 Å². The first kappa shape index (κ1) is 12.9. The van der Waals surface area contributed by atoms with E-state index in [9.17, 15) is 4.79 Å². The lowest BCUT2D eigenvalue weighted by Crippen LogP contribution is -2.43. The van der Waals surface area contributed by atoms with Gasteiger partial charge in [0.05, 0.1) is 6.54 Å². The van der Waals surface area contributed by atoms with Crippen LogP contribution >= 0.6 is 0 Å². The molecule has 2 fully saturated rings. The van der Waals surface area contributed by atoms with E-state index in [1.54, 1.807) is 0 Å². The highest BCUT2D eigenvalue weighted by Gasteiger charge is 2.22.